The van der Waals surface area contributed by atoms with E-state index in [1.807, 2.05) is 12.1 Å². The van der Waals surface area contributed by atoms with Crippen molar-refractivity contribution in [1.82, 2.24) is 5.32 Å². The van der Waals surface area contributed by atoms with Crippen LogP contribution in [0.1, 0.15) is 44.6 Å². The van der Waals surface area contributed by atoms with Crippen LogP contribution in [0.3, 0.4) is 0 Å². The van der Waals surface area contributed by atoms with Crippen molar-refractivity contribution in [3.05, 3.63) is 29.8 Å². The van der Waals surface area contributed by atoms with Gasteiger partial charge in [-0.05, 0) is 43.5 Å². The summed E-state index contributed by atoms with van der Waals surface area (Å²) in [5, 5.41) is 13.3. The molecule has 2 rings (SSSR count). The van der Waals surface area contributed by atoms with Crippen LogP contribution in [0.5, 0.6) is 5.75 Å². The second kappa shape index (κ2) is 4.88. The van der Waals surface area contributed by atoms with Gasteiger partial charge in [0.05, 0.1) is 0 Å². The van der Waals surface area contributed by atoms with Crippen LogP contribution in [0.25, 0.3) is 0 Å². The first kappa shape index (κ1) is 11.5. The Bertz CT molecular complexity index is 340. The van der Waals surface area contributed by atoms with Crippen LogP contribution < -0.4 is 5.32 Å². The predicted octanol–water partition coefficient (Wildman–Crippen LogP) is 3.16. The maximum Gasteiger partial charge on any atom is 0.115 e. The Kier molecular flexibility index (Phi) is 3.49. The number of rotatable bonds is 2. The second-order valence-corrected chi connectivity index (χ2v) is 4.72. The van der Waals surface area contributed by atoms with E-state index >= 15 is 0 Å². The standard InChI is InChI=1S/C14H21NO/c1-2-14(9-4-3-5-10-15-14)12-7-6-8-13(16)11-12/h6-8,11,15-16H,2-5,9-10H2,1H3. The van der Waals surface area contributed by atoms with Gasteiger partial charge in [0.25, 0.3) is 0 Å². The molecule has 0 aromatic heterocycles. The number of nitrogens with one attached hydrogen (secondary N) is 1. The van der Waals surface area contributed by atoms with Crippen LogP contribution in [-0.4, -0.2) is 11.7 Å². The average molecular weight is 219 g/mol. The molecule has 16 heavy (non-hydrogen) atoms. The molecule has 0 aliphatic carbocycles. The predicted molar refractivity (Wildman–Crippen MR) is 66.5 cm³/mol. The first-order chi connectivity index (χ1) is 7.77. The Morgan fingerprint density at radius 1 is 1.31 bits per heavy atom. The number of hydrogen-bond acceptors (Lipinski definition) is 2. The van der Waals surface area contributed by atoms with Gasteiger partial charge in [-0.1, -0.05) is 31.9 Å². The van der Waals surface area contributed by atoms with Crippen molar-refractivity contribution in [1.29, 1.82) is 0 Å². The van der Waals surface area contributed by atoms with Crippen LogP contribution in [-0.2, 0) is 5.54 Å². The summed E-state index contributed by atoms with van der Waals surface area (Å²) >= 11 is 0. The van der Waals surface area contributed by atoms with Crippen LogP contribution in [0.2, 0.25) is 0 Å². The van der Waals surface area contributed by atoms with E-state index in [0.29, 0.717) is 5.75 Å². The quantitative estimate of drug-likeness (QED) is 0.800. The third kappa shape index (κ3) is 2.22. The zero-order valence-electron chi connectivity index (χ0n) is 10.00. The van der Waals surface area contributed by atoms with Gasteiger partial charge in [-0.25, -0.2) is 0 Å². The number of aromatic hydroxyl groups is 1. The Labute approximate surface area is 97.7 Å². The number of phenolic OH excluding ortho intramolecular Hbond substituents is 1. The van der Waals surface area contributed by atoms with Crippen LogP contribution >= 0.6 is 0 Å². The molecule has 0 bridgehead atoms. The first-order valence-corrected chi connectivity index (χ1v) is 6.31. The number of benzene rings is 1. The van der Waals surface area contributed by atoms with Gasteiger partial charge in [-0.15, -0.1) is 0 Å². The zero-order chi connectivity index (χ0) is 11.4. The monoisotopic (exact) mass is 219 g/mol. The molecule has 1 aromatic carbocycles. The van der Waals surface area contributed by atoms with Crippen molar-refractivity contribution in [2.45, 2.75) is 44.6 Å². The average Bonchev–Trinajstić information content (AvgIpc) is 2.55. The fourth-order valence-corrected chi connectivity index (χ4v) is 2.70. The van der Waals surface area contributed by atoms with E-state index in [-0.39, 0.29) is 5.54 Å². The minimum absolute atomic E-state index is 0.0786. The first-order valence-electron chi connectivity index (χ1n) is 6.31. The van der Waals surface area contributed by atoms with Crippen molar-refractivity contribution in [2.24, 2.45) is 0 Å². The summed E-state index contributed by atoms with van der Waals surface area (Å²) in [4.78, 5) is 0. The highest BCUT2D eigenvalue weighted by molar-refractivity contribution is 5.32. The van der Waals surface area contributed by atoms with E-state index in [0.717, 1.165) is 13.0 Å². The molecule has 2 N–H and O–H groups in total. The maximum absolute atomic E-state index is 9.60. The number of phenols is 1. The fraction of sp³-hybridized carbons (Fsp3) is 0.571. The van der Waals surface area contributed by atoms with Gasteiger partial charge >= 0.3 is 0 Å². The lowest BCUT2D eigenvalue weighted by Crippen LogP contribution is -2.41. The van der Waals surface area contributed by atoms with Gasteiger partial charge in [-0.3, -0.25) is 0 Å². The summed E-state index contributed by atoms with van der Waals surface area (Å²) in [5.74, 6) is 0.372. The van der Waals surface area contributed by atoms with E-state index in [1.165, 1.54) is 31.2 Å². The highest BCUT2D eigenvalue weighted by atomic mass is 16.3. The van der Waals surface area contributed by atoms with Crippen LogP contribution in [0, 0.1) is 0 Å². The Morgan fingerprint density at radius 2 is 2.19 bits per heavy atom. The van der Waals surface area contributed by atoms with E-state index in [2.05, 4.69) is 18.3 Å². The van der Waals surface area contributed by atoms with Crippen LogP contribution in [0.15, 0.2) is 24.3 Å². The molecule has 1 unspecified atom stereocenters. The summed E-state index contributed by atoms with van der Waals surface area (Å²) < 4.78 is 0. The van der Waals surface area contributed by atoms with Gasteiger partial charge in [0, 0.05) is 5.54 Å². The van der Waals surface area contributed by atoms with Gasteiger partial charge in [0.1, 0.15) is 5.75 Å². The molecule has 1 aromatic rings. The molecule has 1 aliphatic heterocycles. The smallest absolute Gasteiger partial charge is 0.115 e. The molecule has 1 fully saturated rings. The lowest BCUT2D eigenvalue weighted by atomic mass is 9.83. The largest absolute Gasteiger partial charge is 0.508 e. The highest BCUT2D eigenvalue weighted by Gasteiger charge is 2.30. The minimum atomic E-state index is 0.0786. The van der Waals surface area contributed by atoms with E-state index in [9.17, 15) is 5.11 Å². The summed E-state index contributed by atoms with van der Waals surface area (Å²) in [5.41, 5.74) is 1.31. The molecule has 1 heterocycles. The molecule has 2 heteroatoms. The molecule has 1 saturated heterocycles. The van der Waals surface area contributed by atoms with Gasteiger partial charge in [0.15, 0.2) is 0 Å². The van der Waals surface area contributed by atoms with E-state index in [4.69, 9.17) is 0 Å². The van der Waals surface area contributed by atoms with Crippen molar-refractivity contribution < 1.29 is 5.11 Å². The molecular weight excluding hydrogens is 198 g/mol. The summed E-state index contributed by atoms with van der Waals surface area (Å²) in [6.07, 6.45) is 6.11. The topological polar surface area (TPSA) is 32.3 Å². The van der Waals surface area contributed by atoms with E-state index < -0.39 is 0 Å². The Hall–Kier alpha value is -1.02. The molecule has 0 saturated carbocycles. The Balaban J connectivity index is 2.31. The lowest BCUT2D eigenvalue weighted by Gasteiger charge is -2.33. The lowest BCUT2D eigenvalue weighted by molar-refractivity contribution is 0.311. The molecule has 88 valence electrons. The minimum Gasteiger partial charge on any atom is -0.508 e. The maximum atomic E-state index is 9.60. The molecule has 1 aliphatic rings. The normalized spacial score (nSPS) is 26.3. The Morgan fingerprint density at radius 3 is 2.94 bits per heavy atom. The summed E-state index contributed by atoms with van der Waals surface area (Å²) in [6.45, 7) is 3.31. The van der Waals surface area contributed by atoms with E-state index in [1.54, 1.807) is 6.07 Å². The molecule has 2 nitrogen and oxygen atoms in total. The van der Waals surface area contributed by atoms with Gasteiger partial charge in [0.2, 0.25) is 0 Å². The third-order valence-electron chi connectivity index (χ3n) is 3.75. The van der Waals surface area contributed by atoms with Crippen LogP contribution in [0.4, 0.5) is 0 Å². The van der Waals surface area contributed by atoms with Crippen molar-refractivity contribution in [3.8, 4) is 5.75 Å². The van der Waals surface area contributed by atoms with Crippen molar-refractivity contribution >= 4 is 0 Å². The van der Waals surface area contributed by atoms with Crippen molar-refractivity contribution in [2.75, 3.05) is 6.54 Å². The SMILES string of the molecule is CCC1(c2cccc(O)c2)CCCCCN1. The number of hydrogen-bond donors (Lipinski definition) is 2. The van der Waals surface area contributed by atoms with Crippen molar-refractivity contribution in [3.63, 3.8) is 0 Å². The summed E-state index contributed by atoms with van der Waals surface area (Å²) in [6, 6.07) is 7.71. The third-order valence-corrected chi connectivity index (χ3v) is 3.75. The molecule has 0 spiro atoms. The molecule has 0 radical (unpaired) electrons. The van der Waals surface area contributed by atoms with Gasteiger partial charge in [-0.2, -0.15) is 0 Å². The van der Waals surface area contributed by atoms with Gasteiger partial charge < -0.3 is 10.4 Å². The highest BCUT2D eigenvalue weighted by Crippen LogP contribution is 2.34. The summed E-state index contributed by atoms with van der Waals surface area (Å²) in [7, 11) is 0. The molecule has 0 amide bonds. The fourth-order valence-electron chi connectivity index (χ4n) is 2.70. The molecular formula is C14H21NO. The zero-order valence-corrected chi connectivity index (χ0v) is 10.00. The second-order valence-electron chi connectivity index (χ2n) is 4.72. The molecule has 1 atom stereocenters.